The van der Waals surface area contributed by atoms with Gasteiger partial charge in [-0.2, -0.15) is 8.78 Å². The van der Waals surface area contributed by atoms with Crippen molar-refractivity contribution < 1.29 is 8.78 Å². The molecule has 0 aliphatic rings. The van der Waals surface area contributed by atoms with E-state index in [0.29, 0.717) is 5.82 Å². The van der Waals surface area contributed by atoms with Crippen LogP contribution < -0.4 is 5.32 Å². The molecule has 4 rings (SSSR count). The Balaban J connectivity index is 1.64. The van der Waals surface area contributed by atoms with E-state index < -0.39 is 6.55 Å². The number of anilines is 1. The van der Waals surface area contributed by atoms with Gasteiger partial charge in [0.1, 0.15) is 22.8 Å². The molecular weight excluding hydrogens is 344 g/mol. The van der Waals surface area contributed by atoms with Crippen LogP contribution in [0.5, 0.6) is 0 Å². The quantitative estimate of drug-likeness (QED) is 0.569. The summed E-state index contributed by atoms with van der Waals surface area (Å²) in [7, 11) is 0. The summed E-state index contributed by atoms with van der Waals surface area (Å²) in [4.78, 5) is 14.4. The summed E-state index contributed by atoms with van der Waals surface area (Å²) >= 11 is 1.56. The third-order valence-electron chi connectivity index (χ3n) is 3.76. The van der Waals surface area contributed by atoms with Crippen molar-refractivity contribution in [1.82, 2.24) is 19.5 Å². The zero-order valence-corrected chi connectivity index (χ0v) is 13.8. The average Bonchev–Trinajstić information content (AvgIpc) is 3.27. The van der Waals surface area contributed by atoms with E-state index >= 15 is 0 Å². The Hall–Kier alpha value is -2.87. The first-order valence-corrected chi connectivity index (χ1v) is 8.38. The lowest BCUT2D eigenvalue weighted by molar-refractivity contribution is 0.0673. The van der Waals surface area contributed by atoms with Gasteiger partial charge in [0.15, 0.2) is 0 Å². The minimum Gasteiger partial charge on any atom is -0.362 e. The molecule has 1 N–H and O–H groups in total. The Morgan fingerprint density at radius 1 is 1.12 bits per heavy atom. The smallest absolute Gasteiger partial charge is 0.319 e. The SMILES string of the molecule is FC(F)n1ccnc1CNc1ncnc2sc(-c3ccccc3)cc12. The Bertz CT molecular complexity index is 997. The van der Waals surface area contributed by atoms with Gasteiger partial charge in [-0.3, -0.25) is 4.57 Å². The van der Waals surface area contributed by atoms with Crippen LogP contribution in [0.4, 0.5) is 14.6 Å². The normalized spacial score (nSPS) is 11.3. The lowest BCUT2D eigenvalue weighted by Gasteiger charge is -2.08. The maximum absolute atomic E-state index is 12.9. The van der Waals surface area contributed by atoms with Crippen molar-refractivity contribution in [2.24, 2.45) is 0 Å². The molecule has 0 fully saturated rings. The first kappa shape index (κ1) is 15.6. The van der Waals surface area contributed by atoms with E-state index in [1.807, 2.05) is 36.4 Å². The lowest BCUT2D eigenvalue weighted by Crippen LogP contribution is -2.09. The minimum absolute atomic E-state index is 0.153. The fourth-order valence-electron chi connectivity index (χ4n) is 2.56. The molecule has 126 valence electrons. The highest BCUT2D eigenvalue weighted by Crippen LogP contribution is 2.34. The number of nitrogens with one attached hydrogen (secondary N) is 1. The van der Waals surface area contributed by atoms with Crippen molar-refractivity contribution in [3.8, 4) is 10.4 Å². The van der Waals surface area contributed by atoms with Gasteiger partial charge < -0.3 is 5.32 Å². The van der Waals surface area contributed by atoms with Crippen LogP contribution in [-0.2, 0) is 6.54 Å². The first-order chi connectivity index (χ1) is 12.2. The van der Waals surface area contributed by atoms with Gasteiger partial charge in [-0.25, -0.2) is 15.0 Å². The summed E-state index contributed by atoms with van der Waals surface area (Å²) in [6, 6.07) is 12.0. The number of hydrogen-bond acceptors (Lipinski definition) is 5. The molecule has 3 aromatic heterocycles. The number of benzene rings is 1. The van der Waals surface area contributed by atoms with Crippen molar-refractivity contribution in [3.63, 3.8) is 0 Å². The Morgan fingerprint density at radius 2 is 1.96 bits per heavy atom. The standard InChI is InChI=1S/C17H13F2N5S/c18-17(19)24-7-6-20-14(24)9-21-15-12-8-13(11-4-2-1-3-5-11)25-16(12)23-10-22-15/h1-8,10,17H,9H2,(H,21,22,23). The highest BCUT2D eigenvalue weighted by Gasteiger charge is 2.13. The molecule has 0 spiro atoms. The maximum Gasteiger partial charge on any atom is 0.319 e. The molecule has 0 atom stereocenters. The van der Waals surface area contributed by atoms with Crippen LogP contribution in [0.1, 0.15) is 12.4 Å². The molecule has 1 aromatic carbocycles. The Labute approximate surface area is 146 Å². The van der Waals surface area contributed by atoms with Crippen LogP contribution >= 0.6 is 11.3 Å². The number of aromatic nitrogens is 4. The molecule has 0 radical (unpaired) electrons. The van der Waals surface area contributed by atoms with E-state index in [9.17, 15) is 8.78 Å². The van der Waals surface area contributed by atoms with Crippen LogP contribution in [0.2, 0.25) is 0 Å². The van der Waals surface area contributed by atoms with Crippen molar-refractivity contribution in [2.45, 2.75) is 13.1 Å². The molecular formula is C17H13F2N5S. The van der Waals surface area contributed by atoms with Crippen molar-refractivity contribution in [1.29, 1.82) is 0 Å². The van der Waals surface area contributed by atoms with Crippen molar-refractivity contribution in [3.05, 3.63) is 60.9 Å². The summed E-state index contributed by atoms with van der Waals surface area (Å²) in [5.74, 6) is 0.854. The van der Waals surface area contributed by atoms with Gasteiger partial charge >= 0.3 is 6.55 Å². The lowest BCUT2D eigenvalue weighted by atomic mass is 10.2. The number of thiophene rings is 1. The van der Waals surface area contributed by atoms with Gasteiger partial charge in [0.25, 0.3) is 0 Å². The number of rotatable bonds is 5. The van der Waals surface area contributed by atoms with E-state index in [1.54, 1.807) is 11.3 Å². The molecule has 0 bridgehead atoms. The van der Waals surface area contributed by atoms with Gasteiger partial charge in [-0.15, -0.1) is 11.3 Å². The summed E-state index contributed by atoms with van der Waals surface area (Å²) in [6.07, 6.45) is 4.09. The van der Waals surface area contributed by atoms with Crippen molar-refractivity contribution in [2.75, 3.05) is 5.32 Å². The molecule has 0 saturated heterocycles. The molecule has 0 unspecified atom stereocenters. The molecule has 0 aliphatic carbocycles. The van der Waals surface area contributed by atoms with Gasteiger partial charge in [0.05, 0.1) is 11.9 Å². The maximum atomic E-state index is 12.9. The van der Waals surface area contributed by atoms with E-state index in [1.165, 1.54) is 18.7 Å². The average molecular weight is 357 g/mol. The molecule has 0 amide bonds. The number of nitrogens with zero attached hydrogens (tertiary/aromatic N) is 4. The van der Waals surface area contributed by atoms with Crippen LogP contribution in [0.3, 0.4) is 0 Å². The number of imidazole rings is 1. The highest BCUT2D eigenvalue weighted by atomic mass is 32.1. The predicted octanol–water partition coefficient (Wildman–Crippen LogP) is 4.56. The third-order valence-corrected chi connectivity index (χ3v) is 4.85. The predicted molar refractivity (Wildman–Crippen MR) is 93.7 cm³/mol. The Kier molecular flexibility index (Phi) is 4.10. The largest absolute Gasteiger partial charge is 0.362 e. The zero-order chi connectivity index (χ0) is 17.2. The Morgan fingerprint density at radius 3 is 2.76 bits per heavy atom. The van der Waals surface area contributed by atoms with E-state index in [-0.39, 0.29) is 12.4 Å². The third kappa shape index (κ3) is 3.08. The molecule has 0 aliphatic heterocycles. The van der Waals surface area contributed by atoms with Gasteiger partial charge in [-0.05, 0) is 11.6 Å². The van der Waals surface area contributed by atoms with E-state index in [2.05, 4.69) is 20.3 Å². The highest BCUT2D eigenvalue weighted by molar-refractivity contribution is 7.21. The van der Waals surface area contributed by atoms with E-state index in [4.69, 9.17) is 0 Å². The second-order valence-corrected chi connectivity index (χ2v) is 6.33. The fourth-order valence-corrected chi connectivity index (χ4v) is 3.57. The van der Waals surface area contributed by atoms with Gasteiger partial charge in [0.2, 0.25) is 0 Å². The van der Waals surface area contributed by atoms with Crippen LogP contribution in [0, 0.1) is 0 Å². The molecule has 0 saturated carbocycles. The van der Waals surface area contributed by atoms with Crippen LogP contribution in [0.25, 0.3) is 20.7 Å². The summed E-state index contributed by atoms with van der Waals surface area (Å²) in [5.41, 5.74) is 1.10. The number of halogens is 2. The van der Waals surface area contributed by atoms with Crippen LogP contribution in [-0.4, -0.2) is 19.5 Å². The van der Waals surface area contributed by atoms with E-state index in [0.717, 1.165) is 25.2 Å². The number of alkyl halides is 2. The molecule has 3 heterocycles. The topological polar surface area (TPSA) is 55.6 Å². The number of hydrogen-bond donors (Lipinski definition) is 1. The van der Waals surface area contributed by atoms with Gasteiger partial charge in [0, 0.05) is 17.3 Å². The second kappa shape index (κ2) is 6.56. The summed E-state index contributed by atoms with van der Waals surface area (Å²) in [6.45, 7) is -2.46. The monoisotopic (exact) mass is 357 g/mol. The van der Waals surface area contributed by atoms with Crippen LogP contribution in [0.15, 0.2) is 55.1 Å². The fraction of sp³-hybridized carbons (Fsp3) is 0.118. The van der Waals surface area contributed by atoms with Gasteiger partial charge in [-0.1, -0.05) is 30.3 Å². The molecule has 5 nitrogen and oxygen atoms in total. The molecule has 8 heteroatoms. The zero-order valence-electron chi connectivity index (χ0n) is 12.9. The summed E-state index contributed by atoms with van der Waals surface area (Å²) in [5, 5.41) is 3.95. The number of fused-ring (bicyclic) bond motifs is 1. The van der Waals surface area contributed by atoms with Crippen molar-refractivity contribution >= 4 is 27.4 Å². The summed E-state index contributed by atoms with van der Waals surface area (Å²) < 4.78 is 26.6. The second-order valence-electron chi connectivity index (χ2n) is 5.30. The first-order valence-electron chi connectivity index (χ1n) is 7.56. The molecule has 4 aromatic rings. The molecule has 25 heavy (non-hydrogen) atoms. The minimum atomic E-state index is -2.62.